The van der Waals surface area contributed by atoms with Gasteiger partial charge in [-0.3, -0.25) is 4.79 Å². The standard InChI is InChI=1S/C15H20F3N3O2.2ClH/c16-15(17,18)23-13-4-1-3-12(9-13)21-8-6-11(10-21)20-14(22)5-2-7-19;;/h1,3-4,9,11H,2,5-8,10,19H2,(H,20,22);2*1H. The van der Waals surface area contributed by atoms with E-state index in [1.54, 1.807) is 6.07 Å². The number of anilines is 1. The third-order valence-corrected chi connectivity index (χ3v) is 3.58. The third kappa shape index (κ3) is 8.02. The second kappa shape index (κ2) is 10.6. The minimum atomic E-state index is -4.71. The first kappa shape index (κ1) is 23.6. The molecule has 1 fully saturated rings. The molecule has 1 aliphatic rings. The molecule has 25 heavy (non-hydrogen) atoms. The lowest BCUT2D eigenvalue weighted by molar-refractivity contribution is -0.274. The number of carbonyl (C=O) groups excluding carboxylic acids is 1. The molecule has 0 spiro atoms. The predicted octanol–water partition coefficient (Wildman–Crippen LogP) is 2.86. The summed E-state index contributed by atoms with van der Waals surface area (Å²) in [4.78, 5) is 13.6. The third-order valence-electron chi connectivity index (χ3n) is 3.58. The van der Waals surface area contributed by atoms with Crippen LogP contribution in [0.4, 0.5) is 18.9 Å². The maximum absolute atomic E-state index is 12.3. The summed E-state index contributed by atoms with van der Waals surface area (Å²) in [6, 6.07) is 5.85. The zero-order valence-electron chi connectivity index (χ0n) is 13.4. The molecule has 0 saturated carbocycles. The van der Waals surface area contributed by atoms with Crippen molar-refractivity contribution in [1.29, 1.82) is 0 Å². The molecule has 1 aromatic carbocycles. The lowest BCUT2D eigenvalue weighted by Gasteiger charge is -2.20. The highest BCUT2D eigenvalue weighted by Crippen LogP contribution is 2.28. The molecule has 3 N–H and O–H groups in total. The van der Waals surface area contributed by atoms with Crippen LogP contribution in [0.15, 0.2) is 24.3 Å². The highest BCUT2D eigenvalue weighted by Gasteiger charge is 2.31. The molecule has 0 aromatic heterocycles. The van der Waals surface area contributed by atoms with Gasteiger partial charge in [-0.2, -0.15) is 0 Å². The first-order chi connectivity index (χ1) is 10.9. The molecule has 1 unspecified atom stereocenters. The minimum absolute atomic E-state index is 0. The monoisotopic (exact) mass is 403 g/mol. The van der Waals surface area contributed by atoms with Crippen LogP contribution in [-0.2, 0) is 4.79 Å². The Bertz CT molecular complexity index is 547. The number of hydrogen-bond acceptors (Lipinski definition) is 4. The van der Waals surface area contributed by atoms with Crippen LogP contribution in [0, 0.1) is 0 Å². The van der Waals surface area contributed by atoms with E-state index in [1.807, 2.05) is 4.90 Å². The molecule has 1 aromatic rings. The van der Waals surface area contributed by atoms with Crippen LogP contribution in [0.1, 0.15) is 19.3 Å². The van der Waals surface area contributed by atoms with Gasteiger partial charge in [0, 0.05) is 37.3 Å². The number of rotatable bonds is 6. The molecule has 10 heteroatoms. The van der Waals surface area contributed by atoms with E-state index in [0.29, 0.717) is 38.2 Å². The van der Waals surface area contributed by atoms with Crippen molar-refractivity contribution in [3.63, 3.8) is 0 Å². The predicted molar refractivity (Wildman–Crippen MR) is 94.7 cm³/mol. The Hall–Kier alpha value is -1.38. The average molecular weight is 404 g/mol. The van der Waals surface area contributed by atoms with Gasteiger partial charge in [0.1, 0.15) is 5.75 Å². The fraction of sp³-hybridized carbons (Fsp3) is 0.533. The summed E-state index contributed by atoms with van der Waals surface area (Å²) in [6.07, 6.45) is -2.93. The van der Waals surface area contributed by atoms with Crippen molar-refractivity contribution < 1.29 is 22.7 Å². The Balaban J connectivity index is 0.00000288. The number of alkyl halides is 3. The maximum Gasteiger partial charge on any atom is 0.573 e. The summed E-state index contributed by atoms with van der Waals surface area (Å²) >= 11 is 0. The van der Waals surface area contributed by atoms with Gasteiger partial charge in [-0.05, 0) is 31.5 Å². The molecule has 1 amide bonds. The zero-order valence-corrected chi connectivity index (χ0v) is 15.1. The molecule has 2 rings (SSSR count). The highest BCUT2D eigenvalue weighted by atomic mass is 35.5. The second-order valence-corrected chi connectivity index (χ2v) is 5.44. The van der Waals surface area contributed by atoms with Crippen LogP contribution >= 0.6 is 24.8 Å². The van der Waals surface area contributed by atoms with Crippen LogP contribution in [0.2, 0.25) is 0 Å². The molecule has 144 valence electrons. The summed E-state index contributed by atoms with van der Waals surface area (Å²) in [5, 5.41) is 2.92. The molecule has 0 radical (unpaired) electrons. The summed E-state index contributed by atoms with van der Waals surface area (Å²) < 4.78 is 40.7. The van der Waals surface area contributed by atoms with Gasteiger partial charge in [0.25, 0.3) is 0 Å². The van der Waals surface area contributed by atoms with E-state index >= 15 is 0 Å². The minimum Gasteiger partial charge on any atom is -0.406 e. The fourth-order valence-corrected chi connectivity index (χ4v) is 2.55. The van der Waals surface area contributed by atoms with Crippen molar-refractivity contribution in [1.82, 2.24) is 5.32 Å². The molecule has 1 aliphatic heterocycles. The van der Waals surface area contributed by atoms with Gasteiger partial charge in [-0.25, -0.2) is 0 Å². The van der Waals surface area contributed by atoms with E-state index in [4.69, 9.17) is 5.73 Å². The highest BCUT2D eigenvalue weighted by molar-refractivity contribution is 5.85. The van der Waals surface area contributed by atoms with Crippen molar-refractivity contribution in [2.75, 3.05) is 24.5 Å². The van der Waals surface area contributed by atoms with Crippen LogP contribution in [0.3, 0.4) is 0 Å². The molecule has 0 bridgehead atoms. The molecule has 1 heterocycles. The van der Waals surface area contributed by atoms with E-state index in [9.17, 15) is 18.0 Å². The van der Waals surface area contributed by atoms with Crippen LogP contribution in [0.5, 0.6) is 5.75 Å². The van der Waals surface area contributed by atoms with Crippen molar-refractivity contribution in [3.8, 4) is 5.75 Å². The van der Waals surface area contributed by atoms with E-state index in [0.717, 1.165) is 6.42 Å². The Morgan fingerprint density at radius 3 is 2.72 bits per heavy atom. The summed E-state index contributed by atoms with van der Waals surface area (Å²) in [7, 11) is 0. The molecule has 5 nitrogen and oxygen atoms in total. The molecule has 0 aliphatic carbocycles. The van der Waals surface area contributed by atoms with Crippen LogP contribution in [-0.4, -0.2) is 37.9 Å². The van der Waals surface area contributed by atoms with Gasteiger partial charge in [-0.15, -0.1) is 38.0 Å². The lowest BCUT2D eigenvalue weighted by atomic mass is 10.2. The van der Waals surface area contributed by atoms with Gasteiger partial charge < -0.3 is 20.7 Å². The van der Waals surface area contributed by atoms with Crippen LogP contribution in [0.25, 0.3) is 0 Å². The Morgan fingerprint density at radius 1 is 1.36 bits per heavy atom. The molecule has 1 atom stereocenters. The van der Waals surface area contributed by atoms with Gasteiger partial charge in [-0.1, -0.05) is 6.07 Å². The fourth-order valence-electron chi connectivity index (χ4n) is 2.55. The number of hydrogen-bond donors (Lipinski definition) is 2. The van der Waals surface area contributed by atoms with E-state index < -0.39 is 6.36 Å². The number of benzene rings is 1. The van der Waals surface area contributed by atoms with Gasteiger partial charge in [0.15, 0.2) is 0 Å². The Kier molecular flexibility index (Phi) is 9.99. The topological polar surface area (TPSA) is 67.6 Å². The lowest BCUT2D eigenvalue weighted by Crippen LogP contribution is -2.37. The first-order valence-corrected chi connectivity index (χ1v) is 7.47. The van der Waals surface area contributed by atoms with Crippen molar-refractivity contribution in [2.24, 2.45) is 5.73 Å². The smallest absolute Gasteiger partial charge is 0.406 e. The number of nitrogens with one attached hydrogen (secondary N) is 1. The van der Waals surface area contributed by atoms with E-state index in [-0.39, 0.29) is 42.5 Å². The number of nitrogens with two attached hydrogens (primary N) is 1. The van der Waals surface area contributed by atoms with Gasteiger partial charge >= 0.3 is 6.36 Å². The first-order valence-electron chi connectivity index (χ1n) is 7.47. The number of halogens is 5. The normalized spacial score (nSPS) is 16.6. The van der Waals surface area contributed by atoms with Crippen molar-refractivity contribution in [2.45, 2.75) is 31.7 Å². The number of carbonyl (C=O) groups is 1. The van der Waals surface area contributed by atoms with E-state index in [1.165, 1.54) is 18.2 Å². The Morgan fingerprint density at radius 2 is 2.08 bits per heavy atom. The largest absolute Gasteiger partial charge is 0.573 e. The summed E-state index contributed by atoms with van der Waals surface area (Å²) in [5.41, 5.74) is 6.00. The van der Waals surface area contributed by atoms with Crippen LogP contribution < -0.4 is 20.7 Å². The molecular formula is C15H22Cl2F3N3O2. The SMILES string of the molecule is Cl.Cl.NCCCC(=O)NC1CCN(c2cccc(OC(F)(F)F)c2)C1. The molecule has 1 saturated heterocycles. The van der Waals surface area contributed by atoms with Crippen molar-refractivity contribution >= 4 is 36.4 Å². The van der Waals surface area contributed by atoms with Gasteiger partial charge in [0.2, 0.25) is 5.91 Å². The van der Waals surface area contributed by atoms with Gasteiger partial charge in [0.05, 0.1) is 0 Å². The average Bonchev–Trinajstić information content (AvgIpc) is 2.92. The zero-order chi connectivity index (χ0) is 16.9. The number of ether oxygens (including phenoxy) is 1. The number of nitrogens with zero attached hydrogens (tertiary/aromatic N) is 1. The quantitative estimate of drug-likeness (QED) is 0.766. The van der Waals surface area contributed by atoms with Crippen molar-refractivity contribution in [3.05, 3.63) is 24.3 Å². The summed E-state index contributed by atoms with van der Waals surface area (Å²) in [6.45, 7) is 1.69. The second-order valence-electron chi connectivity index (χ2n) is 5.44. The molecular weight excluding hydrogens is 382 g/mol. The van der Waals surface area contributed by atoms with E-state index in [2.05, 4.69) is 10.1 Å². The maximum atomic E-state index is 12.3. The number of amides is 1. The Labute approximate surface area is 156 Å². The summed E-state index contributed by atoms with van der Waals surface area (Å²) in [5.74, 6) is -0.290.